The number of carbonyl (C=O) groups excluding carboxylic acids is 1. The number of hydrogen-bond acceptors (Lipinski definition) is 5. The zero-order valence-corrected chi connectivity index (χ0v) is 14.4. The molecule has 2 heterocycles. The summed E-state index contributed by atoms with van der Waals surface area (Å²) in [5, 5.41) is 23.4. The molecule has 26 heavy (non-hydrogen) atoms. The molecule has 2 N–H and O–H groups in total. The Balaban J connectivity index is 2.05. The van der Waals surface area contributed by atoms with Gasteiger partial charge in [0.1, 0.15) is 17.1 Å². The lowest BCUT2D eigenvalue weighted by molar-refractivity contribution is -0.384. The molecule has 8 nitrogen and oxygen atoms in total. The Hall–Kier alpha value is -3.42. The molecule has 0 aliphatic heterocycles. The van der Waals surface area contributed by atoms with Crippen LogP contribution < -0.4 is 5.32 Å². The summed E-state index contributed by atoms with van der Waals surface area (Å²) >= 11 is 0. The number of imidazole rings is 1. The number of aryl methyl sites for hydroxylation is 2. The van der Waals surface area contributed by atoms with Gasteiger partial charge in [0.2, 0.25) is 0 Å². The third-order valence-electron chi connectivity index (χ3n) is 3.98. The van der Waals surface area contributed by atoms with Gasteiger partial charge < -0.3 is 10.4 Å². The Morgan fingerprint density at radius 2 is 2.12 bits per heavy atom. The van der Waals surface area contributed by atoms with Crippen molar-refractivity contribution in [1.29, 1.82) is 0 Å². The van der Waals surface area contributed by atoms with Crippen molar-refractivity contribution in [3.05, 3.63) is 63.6 Å². The van der Waals surface area contributed by atoms with Gasteiger partial charge in [-0.3, -0.25) is 19.3 Å². The number of amides is 1. The number of benzene rings is 1. The summed E-state index contributed by atoms with van der Waals surface area (Å²) in [5.41, 5.74) is 2.37. The fourth-order valence-corrected chi connectivity index (χ4v) is 2.77. The minimum atomic E-state index is -0.588. The minimum absolute atomic E-state index is 0.0192. The smallest absolute Gasteiger partial charge is 0.274 e. The highest BCUT2D eigenvalue weighted by molar-refractivity contribution is 6.05. The number of pyridine rings is 1. The quantitative estimate of drug-likeness (QED) is 0.414. The number of rotatable bonds is 5. The molecule has 0 atom stereocenters. The van der Waals surface area contributed by atoms with Crippen molar-refractivity contribution in [2.75, 3.05) is 5.32 Å². The van der Waals surface area contributed by atoms with E-state index in [9.17, 15) is 20.0 Å². The van der Waals surface area contributed by atoms with Crippen LogP contribution in [-0.4, -0.2) is 25.3 Å². The molecule has 2 aromatic heterocycles. The van der Waals surface area contributed by atoms with Crippen LogP contribution in [0.1, 0.15) is 35.1 Å². The lowest BCUT2D eigenvalue weighted by Gasteiger charge is -2.09. The maximum Gasteiger partial charge on any atom is 0.274 e. The fraction of sp³-hybridized carbons (Fsp3) is 0.222. The lowest BCUT2D eigenvalue weighted by Crippen LogP contribution is -2.16. The Morgan fingerprint density at radius 1 is 1.35 bits per heavy atom. The molecule has 3 rings (SSSR count). The number of nitrogens with zero attached hydrogens (tertiary/aromatic N) is 3. The Labute approximate surface area is 149 Å². The lowest BCUT2D eigenvalue weighted by atomic mass is 10.2. The number of nitro groups is 1. The summed E-state index contributed by atoms with van der Waals surface area (Å²) < 4.78 is 1.70. The van der Waals surface area contributed by atoms with E-state index in [1.165, 1.54) is 12.1 Å². The SMILES string of the molecule is CCCc1nc2ccc(C)cn2c1C(=O)Nc1cc([N+](=O)[O-])ccc1O. The van der Waals surface area contributed by atoms with Gasteiger partial charge in [-0.25, -0.2) is 4.98 Å². The summed E-state index contributed by atoms with van der Waals surface area (Å²) in [5.74, 6) is -0.728. The maximum atomic E-state index is 12.9. The normalized spacial score (nSPS) is 10.8. The van der Waals surface area contributed by atoms with Crippen LogP contribution in [0.4, 0.5) is 11.4 Å². The van der Waals surface area contributed by atoms with E-state index in [1.807, 2.05) is 32.2 Å². The number of hydrogen-bond donors (Lipinski definition) is 2. The van der Waals surface area contributed by atoms with Crippen LogP contribution >= 0.6 is 0 Å². The molecule has 0 saturated carbocycles. The van der Waals surface area contributed by atoms with Crippen LogP contribution in [0.15, 0.2) is 36.5 Å². The van der Waals surface area contributed by atoms with Crippen LogP contribution in [0, 0.1) is 17.0 Å². The van der Waals surface area contributed by atoms with Gasteiger partial charge in [-0.1, -0.05) is 19.4 Å². The molecule has 0 aliphatic carbocycles. The molecule has 0 saturated heterocycles. The third kappa shape index (κ3) is 3.21. The van der Waals surface area contributed by atoms with E-state index in [-0.39, 0.29) is 17.1 Å². The number of phenols is 1. The molecule has 0 bridgehead atoms. The first kappa shape index (κ1) is 17.4. The highest BCUT2D eigenvalue weighted by Crippen LogP contribution is 2.28. The fourth-order valence-electron chi connectivity index (χ4n) is 2.77. The van der Waals surface area contributed by atoms with E-state index >= 15 is 0 Å². The van der Waals surface area contributed by atoms with Crippen molar-refractivity contribution in [2.45, 2.75) is 26.7 Å². The van der Waals surface area contributed by atoms with Crippen LogP contribution in [0.2, 0.25) is 0 Å². The summed E-state index contributed by atoms with van der Waals surface area (Å²) in [7, 11) is 0. The van der Waals surface area contributed by atoms with Crippen LogP contribution in [-0.2, 0) is 6.42 Å². The van der Waals surface area contributed by atoms with Gasteiger partial charge in [-0.2, -0.15) is 0 Å². The van der Waals surface area contributed by atoms with Gasteiger partial charge in [0.05, 0.1) is 16.3 Å². The molecule has 0 aliphatic rings. The number of aromatic hydroxyl groups is 1. The van der Waals surface area contributed by atoms with Crippen molar-refractivity contribution in [3.8, 4) is 5.75 Å². The summed E-state index contributed by atoms with van der Waals surface area (Å²) in [6, 6.07) is 7.22. The first-order valence-corrected chi connectivity index (χ1v) is 8.17. The molecule has 1 aromatic carbocycles. The van der Waals surface area contributed by atoms with E-state index in [2.05, 4.69) is 10.3 Å². The molecule has 0 spiro atoms. The van der Waals surface area contributed by atoms with Gasteiger partial charge >= 0.3 is 0 Å². The molecule has 0 radical (unpaired) electrons. The van der Waals surface area contributed by atoms with Crippen LogP contribution in [0.25, 0.3) is 5.65 Å². The van der Waals surface area contributed by atoms with Gasteiger partial charge in [0, 0.05) is 18.3 Å². The molecule has 8 heteroatoms. The zero-order chi connectivity index (χ0) is 18.8. The Morgan fingerprint density at radius 3 is 2.81 bits per heavy atom. The molecule has 0 fully saturated rings. The molecule has 1 amide bonds. The monoisotopic (exact) mass is 354 g/mol. The van der Waals surface area contributed by atoms with Crippen LogP contribution in [0.5, 0.6) is 5.75 Å². The number of aromatic nitrogens is 2. The minimum Gasteiger partial charge on any atom is -0.506 e. The number of anilines is 1. The van der Waals surface area contributed by atoms with Crippen molar-refractivity contribution < 1.29 is 14.8 Å². The number of fused-ring (bicyclic) bond motifs is 1. The first-order valence-electron chi connectivity index (χ1n) is 8.17. The largest absolute Gasteiger partial charge is 0.506 e. The molecule has 3 aromatic rings. The Bertz CT molecular complexity index is 1010. The summed E-state index contributed by atoms with van der Waals surface area (Å²) in [6.07, 6.45) is 3.24. The number of nitrogens with one attached hydrogen (secondary N) is 1. The second kappa shape index (κ2) is 6.83. The second-order valence-corrected chi connectivity index (χ2v) is 6.00. The summed E-state index contributed by atoms with van der Waals surface area (Å²) in [6.45, 7) is 3.90. The van der Waals surface area contributed by atoms with Gasteiger partial charge in [-0.15, -0.1) is 0 Å². The van der Waals surface area contributed by atoms with Crippen molar-refractivity contribution in [3.63, 3.8) is 0 Å². The average Bonchev–Trinajstić information content (AvgIpc) is 2.94. The van der Waals surface area contributed by atoms with E-state index in [0.29, 0.717) is 23.5 Å². The average molecular weight is 354 g/mol. The highest BCUT2D eigenvalue weighted by Gasteiger charge is 2.21. The van der Waals surface area contributed by atoms with Gasteiger partial charge in [-0.05, 0) is 31.0 Å². The zero-order valence-electron chi connectivity index (χ0n) is 14.4. The molecular formula is C18H18N4O4. The number of phenolic OH excluding ortho intramolecular Hbond substituents is 1. The van der Waals surface area contributed by atoms with Crippen molar-refractivity contribution in [1.82, 2.24) is 9.38 Å². The topological polar surface area (TPSA) is 110 Å². The predicted octanol–water partition coefficient (Wildman–Crippen LogP) is 3.46. The molecule has 134 valence electrons. The molecular weight excluding hydrogens is 336 g/mol. The van der Waals surface area contributed by atoms with E-state index in [0.717, 1.165) is 18.1 Å². The van der Waals surface area contributed by atoms with Crippen molar-refractivity contribution >= 4 is 22.9 Å². The maximum absolute atomic E-state index is 12.9. The highest BCUT2D eigenvalue weighted by atomic mass is 16.6. The van der Waals surface area contributed by atoms with Crippen molar-refractivity contribution in [2.24, 2.45) is 0 Å². The van der Waals surface area contributed by atoms with Crippen LogP contribution in [0.3, 0.4) is 0 Å². The Kier molecular flexibility index (Phi) is 4.57. The van der Waals surface area contributed by atoms with E-state index in [4.69, 9.17) is 0 Å². The molecule has 0 unspecified atom stereocenters. The van der Waals surface area contributed by atoms with Gasteiger partial charge in [0.15, 0.2) is 0 Å². The summed E-state index contributed by atoms with van der Waals surface area (Å²) in [4.78, 5) is 27.7. The predicted molar refractivity (Wildman–Crippen MR) is 96.6 cm³/mol. The van der Waals surface area contributed by atoms with E-state index < -0.39 is 10.8 Å². The number of nitro benzene ring substituents is 1. The third-order valence-corrected chi connectivity index (χ3v) is 3.98. The number of non-ortho nitro benzene ring substituents is 1. The first-order chi connectivity index (χ1) is 12.4. The van der Waals surface area contributed by atoms with E-state index in [1.54, 1.807) is 4.40 Å². The standard InChI is InChI=1S/C18H18N4O4/c1-3-4-13-17(21-10-11(2)5-8-16(21)19-13)18(24)20-14-9-12(22(25)26)6-7-15(14)23/h5-10,23H,3-4H2,1-2H3,(H,20,24). The number of carbonyl (C=O) groups is 1. The van der Waals surface area contributed by atoms with Gasteiger partial charge in [0.25, 0.3) is 11.6 Å². The second-order valence-electron chi connectivity index (χ2n) is 6.00.